The van der Waals surface area contributed by atoms with Crippen molar-refractivity contribution in [3.63, 3.8) is 0 Å². The second-order valence-corrected chi connectivity index (χ2v) is 5.34. The van der Waals surface area contributed by atoms with E-state index in [1.54, 1.807) is 12.1 Å². The van der Waals surface area contributed by atoms with Crippen molar-refractivity contribution >= 4 is 5.96 Å². The molecule has 0 atom stereocenters. The van der Waals surface area contributed by atoms with Gasteiger partial charge in [0.25, 0.3) is 0 Å². The van der Waals surface area contributed by atoms with Gasteiger partial charge in [0.15, 0.2) is 5.96 Å². The van der Waals surface area contributed by atoms with Gasteiger partial charge < -0.3 is 10.6 Å². The largest absolute Gasteiger partial charge is 0.357 e. The van der Waals surface area contributed by atoms with Crippen LogP contribution in [0.5, 0.6) is 0 Å². The first-order valence-corrected chi connectivity index (χ1v) is 7.95. The van der Waals surface area contributed by atoms with Crippen LogP contribution in [0, 0.1) is 12.7 Å². The van der Waals surface area contributed by atoms with Crippen LogP contribution in [0.25, 0.3) is 0 Å². The fourth-order valence-corrected chi connectivity index (χ4v) is 2.25. The lowest BCUT2D eigenvalue weighted by atomic mass is 10.1. The molecule has 2 rings (SSSR count). The number of aromatic amines is 1. The zero-order chi connectivity index (χ0) is 16.5. The monoisotopic (exact) mass is 317 g/mol. The van der Waals surface area contributed by atoms with Crippen LogP contribution in [0.4, 0.5) is 4.39 Å². The summed E-state index contributed by atoms with van der Waals surface area (Å²) < 4.78 is 13.6. The number of hydrogen-bond acceptors (Lipinski definition) is 2. The standard InChI is InChI=1S/C17H24FN5/c1-3-19-17(21-11-15-7-4-5-9-16(15)18)20-10-6-8-14-12-22-23-13(14)2/h4-5,7,9,12H,3,6,8,10-11H2,1-2H3,(H,22,23)(H2,19,20,21). The highest BCUT2D eigenvalue weighted by molar-refractivity contribution is 5.79. The van der Waals surface area contributed by atoms with Crippen molar-refractivity contribution in [1.82, 2.24) is 20.8 Å². The molecule has 1 aromatic heterocycles. The molecule has 124 valence electrons. The second-order valence-electron chi connectivity index (χ2n) is 5.34. The molecule has 0 saturated carbocycles. The Bertz CT molecular complexity index is 635. The van der Waals surface area contributed by atoms with E-state index in [0.717, 1.165) is 31.6 Å². The molecule has 1 aromatic carbocycles. The molecule has 0 unspecified atom stereocenters. The van der Waals surface area contributed by atoms with Gasteiger partial charge in [0, 0.05) is 24.3 Å². The van der Waals surface area contributed by atoms with Crippen LogP contribution in [0.2, 0.25) is 0 Å². The Morgan fingerprint density at radius 3 is 2.78 bits per heavy atom. The minimum atomic E-state index is -0.220. The molecule has 5 nitrogen and oxygen atoms in total. The molecule has 0 aliphatic carbocycles. The third kappa shape index (κ3) is 5.39. The molecule has 0 saturated heterocycles. The molecule has 23 heavy (non-hydrogen) atoms. The fraction of sp³-hybridized carbons (Fsp3) is 0.412. The summed E-state index contributed by atoms with van der Waals surface area (Å²) in [7, 11) is 0. The number of guanidine groups is 1. The van der Waals surface area contributed by atoms with E-state index in [2.05, 4.69) is 25.8 Å². The van der Waals surface area contributed by atoms with Crippen molar-refractivity contribution in [2.24, 2.45) is 4.99 Å². The predicted octanol–water partition coefficient (Wildman–Crippen LogP) is 2.55. The molecular weight excluding hydrogens is 293 g/mol. The number of H-pyrrole nitrogens is 1. The SMILES string of the molecule is CCNC(=NCc1ccccc1F)NCCCc1cn[nH]c1C. The van der Waals surface area contributed by atoms with Crippen molar-refractivity contribution in [3.8, 4) is 0 Å². The van der Waals surface area contributed by atoms with Crippen molar-refractivity contribution < 1.29 is 4.39 Å². The highest BCUT2D eigenvalue weighted by atomic mass is 19.1. The maximum Gasteiger partial charge on any atom is 0.191 e. The summed E-state index contributed by atoms with van der Waals surface area (Å²) in [6, 6.07) is 6.72. The van der Waals surface area contributed by atoms with Gasteiger partial charge in [-0.3, -0.25) is 5.10 Å². The Labute approximate surface area is 136 Å². The number of aromatic nitrogens is 2. The summed E-state index contributed by atoms with van der Waals surface area (Å²) in [5.74, 6) is 0.488. The molecule has 0 aliphatic rings. The van der Waals surface area contributed by atoms with Crippen molar-refractivity contribution in [3.05, 3.63) is 53.1 Å². The molecule has 3 N–H and O–H groups in total. The molecular formula is C17H24FN5. The van der Waals surface area contributed by atoms with Crippen LogP contribution >= 0.6 is 0 Å². The average molecular weight is 317 g/mol. The quantitative estimate of drug-likeness (QED) is 0.418. The van der Waals surface area contributed by atoms with Gasteiger partial charge in [-0.05, 0) is 38.3 Å². The zero-order valence-corrected chi connectivity index (χ0v) is 13.7. The molecule has 2 aromatic rings. The molecule has 6 heteroatoms. The third-order valence-corrected chi connectivity index (χ3v) is 3.56. The molecule has 1 heterocycles. The number of nitrogens with zero attached hydrogens (tertiary/aromatic N) is 2. The summed E-state index contributed by atoms with van der Waals surface area (Å²) in [4.78, 5) is 4.43. The van der Waals surface area contributed by atoms with E-state index in [0.29, 0.717) is 18.1 Å². The summed E-state index contributed by atoms with van der Waals surface area (Å²) in [5, 5.41) is 13.4. The minimum absolute atomic E-state index is 0.220. The first-order valence-electron chi connectivity index (χ1n) is 7.95. The first kappa shape index (κ1) is 17.0. The highest BCUT2D eigenvalue weighted by Crippen LogP contribution is 2.07. The lowest BCUT2D eigenvalue weighted by Gasteiger charge is -2.11. The van der Waals surface area contributed by atoms with Crippen LogP contribution in [0.3, 0.4) is 0 Å². The van der Waals surface area contributed by atoms with Gasteiger partial charge in [-0.2, -0.15) is 5.10 Å². The fourth-order valence-electron chi connectivity index (χ4n) is 2.25. The van der Waals surface area contributed by atoms with Crippen molar-refractivity contribution in [2.45, 2.75) is 33.2 Å². The molecule has 0 aliphatic heterocycles. The van der Waals surface area contributed by atoms with E-state index in [1.165, 1.54) is 11.6 Å². The molecule has 0 fully saturated rings. The Morgan fingerprint density at radius 1 is 1.26 bits per heavy atom. The van der Waals surface area contributed by atoms with Crippen LogP contribution < -0.4 is 10.6 Å². The van der Waals surface area contributed by atoms with E-state index >= 15 is 0 Å². The third-order valence-electron chi connectivity index (χ3n) is 3.56. The number of benzene rings is 1. The molecule has 0 radical (unpaired) electrons. The number of hydrogen-bond donors (Lipinski definition) is 3. The number of halogens is 1. The molecule has 0 spiro atoms. The highest BCUT2D eigenvalue weighted by Gasteiger charge is 2.03. The Hall–Kier alpha value is -2.37. The summed E-state index contributed by atoms with van der Waals surface area (Å²) >= 11 is 0. The maximum atomic E-state index is 13.6. The predicted molar refractivity (Wildman–Crippen MR) is 90.9 cm³/mol. The van der Waals surface area contributed by atoms with Crippen LogP contribution in [-0.4, -0.2) is 29.2 Å². The van der Waals surface area contributed by atoms with Crippen molar-refractivity contribution in [2.75, 3.05) is 13.1 Å². The number of nitrogens with one attached hydrogen (secondary N) is 3. The smallest absolute Gasteiger partial charge is 0.191 e. The Balaban J connectivity index is 1.82. The zero-order valence-electron chi connectivity index (χ0n) is 13.7. The molecule has 0 bridgehead atoms. The number of aliphatic imine (C=N–C) groups is 1. The maximum absolute atomic E-state index is 13.6. The summed E-state index contributed by atoms with van der Waals surface area (Å²) in [6.45, 7) is 5.92. The van der Waals surface area contributed by atoms with Gasteiger partial charge in [0.05, 0.1) is 12.7 Å². The number of aryl methyl sites for hydroxylation is 2. The van der Waals surface area contributed by atoms with Gasteiger partial charge in [0.1, 0.15) is 5.82 Å². The topological polar surface area (TPSA) is 65.1 Å². The minimum Gasteiger partial charge on any atom is -0.357 e. The van der Waals surface area contributed by atoms with Crippen molar-refractivity contribution in [1.29, 1.82) is 0 Å². The lowest BCUT2D eigenvalue weighted by Crippen LogP contribution is -2.37. The van der Waals surface area contributed by atoms with Crippen LogP contribution in [0.1, 0.15) is 30.2 Å². The summed E-state index contributed by atoms with van der Waals surface area (Å²) in [6.07, 6.45) is 3.80. The van der Waals surface area contributed by atoms with E-state index in [9.17, 15) is 4.39 Å². The first-order chi connectivity index (χ1) is 11.2. The van der Waals surface area contributed by atoms with Gasteiger partial charge in [-0.25, -0.2) is 9.38 Å². The van der Waals surface area contributed by atoms with Gasteiger partial charge >= 0.3 is 0 Å². The van der Waals surface area contributed by atoms with E-state index in [-0.39, 0.29) is 5.82 Å². The molecule has 0 amide bonds. The number of rotatable bonds is 7. The van der Waals surface area contributed by atoms with E-state index in [1.807, 2.05) is 26.1 Å². The average Bonchev–Trinajstić information content (AvgIpc) is 2.95. The van der Waals surface area contributed by atoms with E-state index < -0.39 is 0 Å². The summed E-state index contributed by atoms with van der Waals surface area (Å²) in [5.41, 5.74) is 2.95. The Morgan fingerprint density at radius 2 is 2.09 bits per heavy atom. The lowest BCUT2D eigenvalue weighted by molar-refractivity contribution is 0.610. The van der Waals surface area contributed by atoms with Gasteiger partial charge in [-0.15, -0.1) is 0 Å². The second kappa shape index (κ2) is 8.92. The van der Waals surface area contributed by atoms with Crippen LogP contribution in [0.15, 0.2) is 35.5 Å². The Kier molecular flexibility index (Phi) is 6.59. The normalized spacial score (nSPS) is 11.5. The van der Waals surface area contributed by atoms with Crippen LogP contribution in [-0.2, 0) is 13.0 Å². The van der Waals surface area contributed by atoms with E-state index in [4.69, 9.17) is 0 Å². The van der Waals surface area contributed by atoms with Gasteiger partial charge in [-0.1, -0.05) is 18.2 Å². The van der Waals surface area contributed by atoms with Gasteiger partial charge in [0.2, 0.25) is 0 Å².